The monoisotopic (exact) mass is 329 g/mol. The molecule has 2 atom stereocenters. The van der Waals surface area contributed by atoms with Crippen LogP contribution in [0.2, 0.25) is 0 Å². The third-order valence-electron chi connectivity index (χ3n) is 5.54. The lowest BCUT2D eigenvalue weighted by Gasteiger charge is -2.28. The first-order chi connectivity index (χ1) is 11.5. The maximum Gasteiger partial charge on any atom is 0.241 e. The fourth-order valence-corrected chi connectivity index (χ4v) is 4.22. The Bertz CT molecular complexity index is 602. The summed E-state index contributed by atoms with van der Waals surface area (Å²) in [4.78, 5) is 28.5. The number of rotatable bonds is 5. The van der Waals surface area contributed by atoms with Gasteiger partial charge in [-0.1, -0.05) is 36.8 Å². The van der Waals surface area contributed by atoms with Crippen molar-refractivity contribution in [3.05, 3.63) is 35.9 Å². The number of hydrogen-bond donors (Lipinski definition) is 1. The summed E-state index contributed by atoms with van der Waals surface area (Å²) >= 11 is 0. The van der Waals surface area contributed by atoms with Crippen molar-refractivity contribution < 1.29 is 9.59 Å². The van der Waals surface area contributed by atoms with Crippen molar-refractivity contribution in [1.82, 2.24) is 15.1 Å². The number of likely N-dealkylation sites (N-methyl/N-ethyl adjacent to an activating group) is 1. The fraction of sp³-hybridized carbons (Fsp3) is 0.579. The first kappa shape index (κ1) is 17.0. The van der Waals surface area contributed by atoms with Crippen LogP contribution in [0.4, 0.5) is 0 Å². The predicted molar refractivity (Wildman–Crippen MR) is 93.2 cm³/mol. The van der Waals surface area contributed by atoms with Crippen LogP contribution in [-0.4, -0.2) is 55.3 Å². The number of fused-ring (bicyclic) bond motifs is 1. The minimum absolute atomic E-state index is 0.0616. The zero-order valence-corrected chi connectivity index (χ0v) is 14.6. The van der Waals surface area contributed by atoms with Gasteiger partial charge in [0, 0.05) is 33.7 Å². The topological polar surface area (TPSA) is 52.7 Å². The Hall–Kier alpha value is -1.88. The molecule has 0 spiro atoms. The molecule has 1 aromatic rings. The van der Waals surface area contributed by atoms with Gasteiger partial charge in [0.05, 0.1) is 12.0 Å². The van der Waals surface area contributed by atoms with Gasteiger partial charge in [-0.25, -0.2) is 0 Å². The number of nitrogens with one attached hydrogen (secondary N) is 1. The van der Waals surface area contributed by atoms with Crippen LogP contribution in [0, 0.1) is 11.3 Å². The zero-order chi connectivity index (χ0) is 17.2. The van der Waals surface area contributed by atoms with Crippen molar-refractivity contribution in [3.63, 3.8) is 0 Å². The van der Waals surface area contributed by atoms with E-state index in [9.17, 15) is 9.59 Å². The molecule has 2 amide bonds. The van der Waals surface area contributed by atoms with Crippen molar-refractivity contribution in [1.29, 1.82) is 0 Å². The molecule has 0 bridgehead atoms. The molecule has 24 heavy (non-hydrogen) atoms. The van der Waals surface area contributed by atoms with Crippen LogP contribution >= 0.6 is 0 Å². The van der Waals surface area contributed by atoms with Gasteiger partial charge in [0.25, 0.3) is 0 Å². The van der Waals surface area contributed by atoms with Crippen LogP contribution in [0.5, 0.6) is 0 Å². The zero-order valence-electron chi connectivity index (χ0n) is 14.6. The van der Waals surface area contributed by atoms with Crippen LogP contribution in [0.25, 0.3) is 0 Å². The number of benzene rings is 1. The number of likely N-dealkylation sites (tertiary alicyclic amines) is 1. The van der Waals surface area contributed by atoms with E-state index in [4.69, 9.17) is 0 Å². The Morgan fingerprint density at radius 3 is 2.75 bits per heavy atom. The third kappa shape index (κ3) is 3.31. The molecule has 1 saturated heterocycles. The molecule has 0 aromatic heterocycles. The molecular formula is C19H27N3O2. The first-order valence-corrected chi connectivity index (χ1v) is 8.76. The van der Waals surface area contributed by atoms with Gasteiger partial charge in [-0.3, -0.25) is 14.5 Å². The van der Waals surface area contributed by atoms with E-state index in [1.165, 1.54) is 10.5 Å². The highest BCUT2D eigenvalue weighted by Gasteiger charge is 2.54. The van der Waals surface area contributed by atoms with Gasteiger partial charge in [-0.15, -0.1) is 0 Å². The largest absolute Gasteiger partial charge is 0.347 e. The van der Waals surface area contributed by atoms with E-state index < -0.39 is 0 Å². The van der Waals surface area contributed by atoms with Crippen molar-refractivity contribution >= 4 is 11.8 Å². The van der Waals surface area contributed by atoms with Crippen LogP contribution in [0.1, 0.15) is 24.8 Å². The molecule has 3 rings (SSSR count). The lowest BCUT2D eigenvalue weighted by atomic mass is 9.80. The second-order valence-corrected chi connectivity index (χ2v) is 7.37. The Balaban J connectivity index is 1.64. The summed E-state index contributed by atoms with van der Waals surface area (Å²) in [5, 5.41) is 2.90. The van der Waals surface area contributed by atoms with E-state index in [2.05, 4.69) is 34.5 Å². The standard InChI is InChI=1S/C19H27N3O2/c1-21(2)17(23)11-20-18(24)19-10-6-9-16(19)13-22(14-19)12-15-7-4-3-5-8-15/h3-5,7-8,16H,6,9-14H2,1-2H3,(H,20,24)/t16-,19-/m0/s1. The maximum atomic E-state index is 12.9. The van der Waals surface area contributed by atoms with E-state index in [0.29, 0.717) is 5.92 Å². The molecule has 5 nitrogen and oxygen atoms in total. The molecule has 0 unspecified atom stereocenters. The number of amides is 2. The highest BCUT2D eigenvalue weighted by Crippen LogP contribution is 2.49. The molecule has 1 aliphatic heterocycles. The van der Waals surface area contributed by atoms with Crippen molar-refractivity contribution in [2.24, 2.45) is 11.3 Å². The second kappa shape index (κ2) is 6.93. The van der Waals surface area contributed by atoms with E-state index in [1.807, 2.05) is 6.07 Å². The molecule has 1 saturated carbocycles. The minimum Gasteiger partial charge on any atom is -0.347 e. The summed E-state index contributed by atoms with van der Waals surface area (Å²) in [7, 11) is 3.42. The molecule has 1 aliphatic carbocycles. The minimum atomic E-state index is -0.304. The van der Waals surface area contributed by atoms with Gasteiger partial charge in [0.2, 0.25) is 11.8 Å². The van der Waals surface area contributed by atoms with Crippen molar-refractivity contribution in [2.75, 3.05) is 33.7 Å². The Labute approximate surface area is 144 Å². The molecule has 5 heteroatoms. The van der Waals surface area contributed by atoms with Gasteiger partial charge in [-0.05, 0) is 24.3 Å². The summed E-state index contributed by atoms with van der Waals surface area (Å²) in [6.45, 7) is 2.76. The Morgan fingerprint density at radius 2 is 2.04 bits per heavy atom. The summed E-state index contributed by atoms with van der Waals surface area (Å²) in [6, 6.07) is 10.4. The lowest BCUT2D eigenvalue weighted by Crippen LogP contribution is -2.47. The van der Waals surface area contributed by atoms with E-state index in [-0.39, 0.29) is 23.8 Å². The molecule has 2 fully saturated rings. The normalized spacial score (nSPS) is 26.2. The fourth-order valence-electron chi connectivity index (χ4n) is 4.22. The number of nitrogens with zero attached hydrogens (tertiary/aromatic N) is 2. The SMILES string of the molecule is CN(C)C(=O)CNC(=O)[C@]12CCC[C@H]1CN(Cc1ccccc1)C2. The van der Waals surface area contributed by atoms with Crippen LogP contribution in [0.15, 0.2) is 30.3 Å². The average molecular weight is 329 g/mol. The van der Waals surface area contributed by atoms with Crippen LogP contribution < -0.4 is 5.32 Å². The smallest absolute Gasteiger partial charge is 0.241 e. The maximum absolute atomic E-state index is 12.9. The van der Waals surface area contributed by atoms with Crippen LogP contribution in [-0.2, 0) is 16.1 Å². The molecule has 2 aliphatic rings. The summed E-state index contributed by atoms with van der Waals surface area (Å²) < 4.78 is 0. The van der Waals surface area contributed by atoms with Gasteiger partial charge < -0.3 is 10.2 Å². The van der Waals surface area contributed by atoms with Crippen molar-refractivity contribution in [3.8, 4) is 0 Å². The first-order valence-electron chi connectivity index (χ1n) is 8.76. The molecule has 0 radical (unpaired) electrons. The van der Waals surface area contributed by atoms with Gasteiger partial charge in [0.1, 0.15) is 0 Å². The lowest BCUT2D eigenvalue weighted by molar-refractivity contribution is -0.135. The number of carbonyl (C=O) groups excluding carboxylic acids is 2. The van der Waals surface area contributed by atoms with E-state index >= 15 is 0 Å². The Kier molecular flexibility index (Phi) is 4.90. The Morgan fingerprint density at radius 1 is 1.29 bits per heavy atom. The predicted octanol–water partition coefficient (Wildman–Crippen LogP) is 1.49. The van der Waals surface area contributed by atoms with Crippen LogP contribution in [0.3, 0.4) is 0 Å². The van der Waals surface area contributed by atoms with E-state index in [1.54, 1.807) is 14.1 Å². The molecule has 1 heterocycles. The van der Waals surface area contributed by atoms with Gasteiger partial charge >= 0.3 is 0 Å². The summed E-state index contributed by atoms with van der Waals surface area (Å²) in [6.07, 6.45) is 3.16. The highest BCUT2D eigenvalue weighted by molar-refractivity contribution is 5.88. The summed E-state index contributed by atoms with van der Waals surface area (Å²) in [5.74, 6) is 0.417. The van der Waals surface area contributed by atoms with Gasteiger partial charge in [-0.2, -0.15) is 0 Å². The molecular weight excluding hydrogens is 302 g/mol. The van der Waals surface area contributed by atoms with Crippen molar-refractivity contribution in [2.45, 2.75) is 25.8 Å². The average Bonchev–Trinajstić information content (AvgIpc) is 3.10. The third-order valence-corrected chi connectivity index (χ3v) is 5.54. The number of hydrogen-bond acceptors (Lipinski definition) is 3. The second-order valence-electron chi connectivity index (χ2n) is 7.37. The highest BCUT2D eigenvalue weighted by atomic mass is 16.2. The number of carbonyl (C=O) groups is 2. The molecule has 1 aromatic carbocycles. The quantitative estimate of drug-likeness (QED) is 0.890. The van der Waals surface area contributed by atoms with E-state index in [0.717, 1.165) is 38.9 Å². The van der Waals surface area contributed by atoms with Gasteiger partial charge in [0.15, 0.2) is 0 Å². The molecule has 1 N–H and O–H groups in total. The summed E-state index contributed by atoms with van der Waals surface area (Å²) in [5.41, 5.74) is 0.984. The molecule has 130 valence electrons.